The van der Waals surface area contributed by atoms with E-state index >= 15 is 0 Å². The van der Waals surface area contributed by atoms with Crippen molar-refractivity contribution < 1.29 is 38.3 Å². The third-order valence-electron chi connectivity index (χ3n) is 6.95. The van der Waals surface area contributed by atoms with Crippen LogP contribution in [0.2, 0.25) is 0 Å². The fourth-order valence-corrected chi connectivity index (χ4v) is 5.90. The molecule has 2 aliphatic rings. The molecule has 4 rings (SSSR count). The minimum absolute atomic E-state index is 0.0253. The Morgan fingerprint density at radius 3 is 2.55 bits per heavy atom. The molecule has 3 atom stereocenters. The Morgan fingerprint density at radius 2 is 1.89 bits per heavy atom. The quantitative estimate of drug-likeness (QED) is 0.144. The number of carbonyl (C=O) groups excluding carboxylic acids is 3. The van der Waals surface area contributed by atoms with E-state index in [-0.39, 0.29) is 60.0 Å². The largest absolute Gasteiger partial charge is 0.496 e. The molecule has 0 saturated carbocycles. The van der Waals surface area contributed by atoms with E-state index in [9.17, 15) is 24.5 Å². The molecule has 0 spiro atoms. The molecule has 2 aromatic carbocycles. The van der Waals surface area contributed by atoms with Crippen molar-refractivity contribution in [1.82, 2.24) is 9.91 Å². The first kappa shape index (κ1) is 34.9. The average molecular weight is 669 g/mol. The number of ether oxygens (including phenoxy) is 4. The lowest BCUT2D eigenvalue weighted by Crippen LogP contribution is -2.49. The van der Waals surface area contributed by atoms with E-state index in [0.29, 0.717) is 30.2 Å². The number of nitro benzene ring substituents is 1. The van der Waals surface area contributed by atoms with Gasteiger partial charge >= 0.3 is 0 Å². The molecule has 0 aromatic heterocycles. The Hall–Kier alpha value is -4.96. The van der Waals surface area contributed by atoms with Gasteiger partial charge in [0.2, 0.25) is 5.91 Å². The average Bonchev–Trinajstić information content (AvgIpc) is 3.33. The predicted octanol–water partition coefficient (Wildman–Crippen LogP) is 3.48. The van der Waals surface area contributed by atoms with E-state index in [4.69, 9.17) is 18.9 Å². The highest BCUT2D eigenvalue weighted by Gasteiger charge is 2.39. The van der Waals surface area contributed by atoms with Crippen molar-refractivity contribution in [2.45, 2.75) is 37.7 Å². The second-order valence-electron chi connectivity index (χ2n) is 10.6. The number of carbonyl (C=O) groups is 3. The molecule has 0 radical (unpaired) electrons. The van der Waals surface area contributed by atoms with E-state index in [1.54, 1.807) is 29.2 Å². The van der Waals surface area contributed by atoms with Crippen LogP contribution in [0.1, 0.15) is 25.8 Å². The number of amides is 3. The second kappa shape index (κ2) is 16.0. The fraction of sp³-hybridized carbons (Fsp3) is 0.387. The van der Waals surface area contributed by atoms with Gasteiger partial charge in [-0.15, -0.1) is 6.58 Å². The van der Waals surface area contributed by atoms with E-state index < -0.39 is 22.0 Å². The zero-order valence-electron chi connectivity index (χ0n) is 26.4. The Bertz CT molecular complexity index is 1570. The first-order chi connectivity index (χ1) is 22.5. The lowest BCUT2D eigenvalue weighted by atomic mass is 10.2. The van der Waals surface area contributed by atoms with Gasteiger partial charge in [0.25, 0.3) is 17.5 Å². The number of thioether (sulfide) groups is 1. The highest BCUT2D eigenvalue weighted by Crippen LogP contribution is 2.33. The molecule has 0 bridgehead atoms. The number of hydrogen-bond acceptors (Lipinski definition) is 12. The molecular weight excluding hydrogens is 632 g/mol. The summed E-state index contributed by atoms with van der Waals surface area (Å²) in [5.41, 5.74) is 0.190. The highest BCUT2D eigenvalue weighted by molar-refractivity contribution is 8.15. The predicted molar refractivity (Wildman–Crippen MR) is 176 cm³/mol. The molecule has 0 unspecified atom stereocenters. The van der Waals surface area contributed by atoms with Crippen molar-refractivity contribution in [3.05, 3.63) is 64.7 Å². The van der Waals surface area contributed by atoms with Gasteiger partial charge in [-0.25, -0.2) is 0 Å². The molecule has 250 valence electrons. The normalized spacial score (nSPS) is 20.4. The van der Waals surface area contributed by atoms with Crippen LogP contribution < -0.4 is 19.5 Å². The summed E-state index contributed by atoms with van der Waals surface area (Å²) in [6, 6.07) is 9.00. The van der Waals surface area contributed by atoms with Crippen LogP contribution in [-0.2, 0) is 19.1 Å². The van der Waals surface area contributed by atoms with Crippen molar-refractivity contribution in [1.29, 1.82) is 0 Å². The molecule has 2 saturated heterocycles. The lowest BCUT2D eigenvalue weighted by molar-refractivity contribution is -0.384. The van der Waals surface area contributed by atoms with Gasteiger partial charge in [0.1, 0.15) is 16.7 Å². The smallest absolute Gasteiger partial charge is 0.296 e. The van der Waals surface area contributed by atoms with Crippen LogP contribution in [0.4, 0.5) is 11.4 Å². The Kier molecular flexibility index (Phi) is 11.9. The summed E-state index contributed by atoms with van der Waals surface area (Å²) < 4.78 is 22.0. The number of aliphatic imine (C=N–C) groups is 1. The molecular formula is C31H36N6O9S. The summed E-state index contributed by atoms with van der Waals surface area (Å²) in [4.78, 5) is 55.9. The van der Waals surface area contributed by atoms with Crippen LogP contribution in [0.3, 0.4) is 0 Å². The zero-order valence-corrected chi connectivity index (χ0v) is 27.2. The van der Waals surface area contributed by atoms with Crippen LogP contribution in [0.5, 0.6) is 17.2 Å². The monoisotopic (exact) mass is 668 g/mol. The molecule has 2 heterocycles. The molecule has 3 amide bonds. The number of benzene rings is 2. The maximum absolute atomic E-state index is 13.3. The van der Waals surface area contributed by atoms with Gasteiger partial charge in [0.15, 0.2) is 23.3 Å². The minimum atomic E-state index is -0.881. The molecule has 47 heavy (non-hydrogen) atoms. The van der Waals surface area contributed by atoms with Crippen molar-refractivity contribution >= 4 is 52.2 Å². The van der Waals surface area contributed by atoms with E-state index in [0.717, 1.165) is 16.8 Å². The highest BCUT2D eigenvalue weighted by atomic mass is 32.2. The number of methoxy groups -OCH3 is 2. The third-order valence-corrected chi connectivity index (χ3v) is 8.11. The van der Waals surface area contributed by atoms with Gasteiger partial charge in [-0.1, -0.05) is 17.8 Å². The minimum Gasteiger partial charge on any atom is -0.496 e. The summed E-state index contributed by atoms with van der Waals surface area (Å²) in [5.74, 6) is -0.288. The van der Waals surface area contributed by atoms with Crippen LogP contribution in [-0.4, -0.2) is 102 Å². The maximum atomic E-state index is 13.3. The Balaban J connectivity index is 1.43. The SMILES string of the molecule is C=CCN=C1S[C@@H](CC(=O)Nc2ccc(OC)cc2[N+](=O)[O-])C(=O)N1/N=C\c1ccc(OCC(=O)N2C[C@@H](C)O[C@@H](C)C2)c(OC)c1. The van der Waals surface area contributed by atoms with Crippen LogP contribution in [0.15, 0.2) is 59.1 Å². The van der Waals surface area contributed by atoms with E-state index in [2.05, 4.69) is 22.0 Å². The summed E-state index contributed by atoms with van der Waals surface area (Å²) in [5, 5.41) is 18.8. The first-order valence-electron chi connectivity index (χ1n) is 14.6. The number of rotatable bonds is 13. The van der Waals surface area contributed by atoms with E-state index in [1.165, 1.54) is 38.6 Å². The first-order valence-corrected chi connectivity index (χ1v) is 15.5. The summed E-state index contributed by atoms with van der Waals surface area (Å²) in [7, 11) is 2.84. The molecule has 16 heteroatoms. The van der Waals surface area contributed by atoms with Crippen molar-refractivity contribution in [3.63, 3.8) is 0 Å². The third kappa shape index (κ3) is 9.07. The van der Waals surface area contributed by atoms with Crippen LogP contribution in [0.25, 0.3) is 0 Å². The van der Waals surface area contributed by atoms with E-state index in [1.807, 2.05) is 13.8 Å². The van der Waals surface area contributed by atoms with Gasteiger partial charge in [0.05, 0.1) is 50.2 Å². The topological polar surface area (TPSA) is 174 Å². The van der Waals surface area contributed by atoms with Gasteiger partial charge in [-0.2, -0.15) is 10.1 Å². The maximum Gasteiger partial charge on any atom is 0.296 e. The Morgan fingerprint density at radius 1 is 1.15 bits per heavy atom. The number of hydrazone groups is 1. The molecule has 0 aliphatic carbocycles. The van der Waals surface area contributed by atoms with Gasteiger partial charge < -0.3 is 29.2 Å². The van der Waals surface area contributed by atoms with Gasteiger partial charge in [-0.05, 0) is 49.7 Å². The summed E-state index contributed by atoms with van der Waals surface area (Å²) in [6.07, 6.45) is 2.58. The van der Waals surface area contributed by atoms with Gasteiger partial charge in [-0.3, -0.25) is 29.5 Å². The zero-order chi connectivity index (χ0) is 34.1. The number of anilines is 1. The molecule has 2 aliphatic heterocycles. The van der Waals surface area contributed by atoms with Crippen molar-refractivity contribution in [2.24, 2.45) is 10.1 Å². The number of nitro groups is 1. The molecule has 2 aromatic rings. The second-order valence-corrected chi connectivity index (χ2v) is 11.7. The molecule has 15 nitrogen and oxygen atoms in total. The number of nitrogens with zero attached hydrogens (tertiary/aromatic N) is 5. The van der Waals surface area contributed by atoms with Crippen molar-refractivity contribution in [3.8, 4) is 17.2 Å². The number of amidine groups is 1. The molecule has 2 fully saturated rings. The van der Waals surface area contributed by atoms with Crippen LogP contribution >= 0.6 is 11.8 Å². The standard InChI is InChI=1S/C31H36N6O9S/c1-6-11-32-31-36(30(40)27(47-31)14-28(38)34-23-9-8-22(43-4)13-24(23)37(41)42)33-15-21-7-10-25(26(12-21)44-5)45-18-29(39)35-16-19(2)46-20(3)17-35/h6-10,12-13,15,19-20,27H,1,11,14,16-18H2,2-5H3,(H,34,38)/b32-31?,33-15-/t19-,20+,27-/m0/s1. The van der Waals surface area contributed by atoms with Crippen LogP contribution in [0, 0.1) is 10.1 Å². The fourth-order valence-electron chi connectivity index (χ4n) is 4.83. The van der Waals surface area contributed by atoms with Gasteiger partial charge in [0, 0.05) is 19.5 Å². The summed E-state index contributed by atoms with van der Waals surface area (Å²) >= 11 is 1.05. The number of nitrogens with one attached hydrogen (secondary N) is 1. The van der Waals surface area contributed by atoms with Crippen molar-refractivity contribution in [2.75, 3.05) is 45.8 Å². The molecule has 1 N–H and O–H groups in total. The summed E-state index contributed by atoms with van der Waals surface area (Å²) in [6.45, 7) is 8.49. The Labute approximate surface area is 275 Å². The lowest BCUT2D eigenvalue weighted by Gasteiger charge is -2.35. The number of morpholine rings is 1. The number of hydrogen-bond donors (Lipinski definition) is 1.